The van der Waals surface area contributed by atoms with Gasteiger partial charge in [0.15, 0.2) is 0 Å². The number of rotatable bonds is 4. The lowest BCUT2D eigenvalue weighted by Crippen LogP contribution is -2.43. The first-order chi connectivity index (χ1) is 6.20. The number of hydrazone groups is 1. The van der Waals surface area contributed by atoms with Crippen molar-refractivity contribution in [1.82, 2.24) is 9.91 Å². The van der Waals surface area contributed by atoms with E-state index in [2.05, 4.69) is 42.7 Å². The summed E-state index contributed by atoms with van der Waals surface area (Å²) in [5, 5.41) is 6.62. The zero-order valence-corrected chi connectivity index (χ0v) is 9.20. The number of hydrogen-bond acceptors (Lipinski definition) is 3. The molecule has 76 valence electrons. The molecule has 0 bridgehead atoms. The van der Waals surface area contributed by atoms with Crippen molar-refractivity contribution < 1.29 is 0 Å². The number of nitrogens with zero attached hydrogens (tertiary/aromatic N) is 3. The molecule has 1 rings (SSSR count). The van der Waals surface area contributed by atoms with Crippen LogP contribution in [0.3, 0.4) is 0 Å². The molecule has 0 fully saturated rings. The lowest BCUT2D eigenvalue weighted by atomic mass is 10.1. The summed E-state index contributed by atoms with van der Waals surface area (Å²) in [7, 11) is 0. The van der Waals surface area contributed by atoms with E-state index < -0.39 is 0 Å². The Balaban J connectivity index is 2.61. The molecular formula is C10H21N3. The molecule has 0 saturated heterocycles. The van der Waals surface area contributed by atoms with Gasteiger partial charge in [0.25, 0.3) is 0 Å². The first-order valence-electron chi connectivity index (χ1n) is 5.27. The van der Waals surface area contributed by atoms with E-state index in [0.29, 0.717) is 12.1 Å². The Morgan fingerprint density at radius 1 is 1.38 bits per heavy atom. The molecule has 13 heavy (non-hydrogen) atoms. The molecule has 0 aliphatic carbocycles. The SMILES string of the molecule is CCCN1N=CN(CC)C1C(C)C. The maximum atomic E-state index is 4.41. The average Bonchev–Trinajstić information content (AvgIpc) is 2.48. The monoisotopic (exact) mass is 183 g/mol. The third-order valence-corrected chi connectivity index (χ3v) is 2.41. The first-order valence-corrected chi connectivity index (χ1v) is 5.27. The van der Waals surface area contributed by atoms with Gasteiger partial charge in [-0.25, -0.2) is 0 Å². The van der Waals surface area contributed by atoms with E-state index in [4.69, 9.17) is 0 Å². The van der Waals surface area contributed by atoms with Gasteiger partial charge in [-0.05, 0) is 19.3 Å². The Bertz CT molecular complexity index is 177. The standard InChI is InChI=1S/C10H21N3/c1-5-7-13-10(9(3)4)12(6-2)8-11-13/h8-10H,5-7H2,1-4H3. The average molecular weight is 183 g/mol. The van der Waals surface area contributed by atoms with Crippen LogP contribution in [0.25, 0.3) is 0 Å². The third kappa shape index (κ3) is 2.14. The lowest BCUT2D eigenvalue weighted by molar-refractivity contribution is 0.0923. The summed E-state index contributed by atoms with van der Waals surface area (Å²) in [4.78, 5) is 2.31. The Morgan fingerprint density at radius 2 is 2.08 bits per heavy atom. The van der Waals surface area contributed by atoms with Gasteiger partial charge in [-0.1, -0.05) is 20.8 Å². The van der Waals surface area contributed by atoms with Gasteiger partial charge in [-0.3, -0.25) is 5.01 Å². The smallest absolute Gasteiger partial charge is 0.121 e. The Labute approximate surface area is 81.4 Å². The molecule has 3 heteroatoms. The van der Waals surface area contributed by atoms with Crippen LogP contribution in [0.15, 0.2) is 5.10 Å². The third-order valence-electron chi connectivity index (χ3n) is 2.41. The molecule has 1 aliphatic rings. The fourth-order valence-corrected chi connectivity index (χ4v) is 1.86. The summed E-state index contributed by atoms with van der Waals surface area (Å²) >= 11 is 0. The van der Waals surface area contributed by atoms with E-state index in [9.17, 15) is 0 Å². The molecule has 0 spiro atoms. The molecule has 0 saturated carbocycles. The van der Waals surface area contributed by atoms with E-state index >= 15 is 0 Å². The van der Waals surface area contributed by atoms with E-state index in [-0.39, 0.29) is 0 Å². The molecule has 0 aromatic heterocycles. The van der Waals surface area contributed by atoms with Gasteiger partial charge in [0, 0.05) is 13.1 Å². The van der Waals surface area contributed by atoms with Crippen molar-refractivity contribution in [2.45, 2.75) is 40.3 Å². The van der Waals surface area contributed by atoms with Crippen LogP contribution in [-0.4, -0.2) is 35.5 Å². The van der Waals surface area contributed by atoms with Crippen molar-refractivity contribution in [2.24, 2.45) is 11.0 Å². The minimum atomic E-state index is 0.477. The van der Waals surface area contributed by atoms with Crippen molar-refractivity contribution >= 4 is 6.34 Å². The fraction of sp³-hybridized carbons (Fsp3) is 0.900. The highest BCUT2D eigenvalue weighted by Crippen LogP contribution is 2.19. The maximum absolute atomic E-state index is 4.41. The molecule has 1 atom stereocenters. The largest absolute Gasteiger partial charge is 0.339 e. The Hall–Kier alpha value is -0.730. The van der Waals surface area contributed by atoms with Crippen LogP contribution < -0.4 is 0 Å². The lowest BCUT2D eigenvalue weighted by Gasteiger charge is -2.32. The second-order valence-corrected chi connectivity index (χ2v) is 3.88. The van der Waals surface area contributed by atoms with Crippen molar-refractivity contribution in [1.29, 1.82) is 0 Å². The summed E-state index contributed by atoms with van der Waals surface area (Å²) in [6, 6.07) is 0. The molecule has 0 amide bonds. The summed E-state index contributed by atoms with van der Waals surface area (Å²) in [5.74, 6) is 0.633. The topological polar surface area (TPSA) is 18.8 Å². The van der Waals surface area contributed by atoms with Gasteiger partial charge in [0.1, 0.15) is 12.5 Å². The molecule has 0 radical (unpaired) electrons. The zero-order chi connectivity index (χ0) is 9.84. The molecule has 3 nitrogen and oxygen atoms in total. The van der Waals surface area contributed by atoms with Gasteiger partial charge in [0.05, 0.1) is 0 Å². The van der Waals surface area contributed by atoms with Gasteiger partial charge in [-0.2, -0.15) is 5.10 Å². The predicted molar refractivity (Wildman–Crippen MR) is 56.5 cm³/mol. The van der Waals surface area contributed by atoms with Gasteiger partial charge in [-0.15, -0.1) is 0 Å². The molecular weight excluding hydrogens is 162 g/mol. The van der Waals surface area contributed by atoms with Crippen LogP contribution in [0.1, 0.15) is 34.1 Å². The molecule has 0 aromatic rings. The maximum Gasteiger partial charge on any atom is 0.121 e. The van der Waals surface area contributed by atoms with Crippen molar-refractivity contribution in [3.8, 4) is 0 Å². The van der Waals surface area contributed by atoms with Crippen molar-refractivity contribution in [3.05, 3.63) is 0 Å². The summed E-state index contributed by atoms with van der Waals surface area (Å²) in [6.07, 6.45) is 3.61. The highest BCUT2D eigenvalue weighted by atomic mass is 15.6. The highest BCUT2D eigenvalue weighted by molar-refractivity contribution is 5.57. The zero-order valence-electron chi connectivity index (χ0n) is 9.20. The van der Waals surface area contributed by atoms with Crippen LogP contribution in [0.2, 0.25) is 0 Å². The normalized spacial score (nSPS) is 22.1. The fourth-order valence-electron chi connectivity index (χ4n) is 1.86. The quantitative estimate of drug-likeness (QED) is 0.663. The van der Waals surface area contributed by atoms with Crippen LogP contribution in [-0.2, 0) is 0 Å². The molecule has 1 aliphatic heterocycles. The molecule has 0 N–H and O–H groups in total. The van der Waals surface area contributed by atoms with Crippen LogP contribution in [0, 0.1) is 5.92 Å². The van der Waals surface area contributed by atoms with Gasteiger partial charge >= 0.3 is 0 Å². The Kier molecular flexibility index (Phi) is 3.58. The van der Waals surface area contributed by atoms with E-state index in [1.165, 1.54) is 0 Å². The van der Waals surface area contributed by atoms with Gasteiger partial charge in [0.2, 0.25) is 0 Å². The van der Waals surface area contributed by atoms with Crippen molar-refractivity contribution in [2.75, 3.05) is 13.1 Å². The predicted octanol–water partition coefficient (Wildman–Crippen LogP) is 1.96. The summed E-state index contributed by atoms with van der Waals surface area (Å²) in [6.45, 7) is 11.0. The first kappa shape index (κ1) is 10.4. The Morgan fingerprint density at radius 3 is 2.54 bits per heavy atom. The molecule has 1 heterocycles. The highest BCUT2D eigenvalue weighted by Gasteiger charge is 2.28. The molecule has 1 unspecified atom stereocenters. The minimum absolute atomic E-state index is 0.477. The van der Waals surface area contributed by atoms with Crippen LogP contribution >= 0.6 is 0 Å². The summed E-state index contributed by atoms with van der Waals surface area (Å²) < 4.78 is 0. The molecule has 0 aromatic carbocycles. The van der Waals surface area contributed by atoms with Gasteiger partial charge < -0.3 is 4.90 Å². The minimum Gasteiger partial charge on any atom is -0.339 e. The van der Waals surface area contributed by atoms with E-state index in [1.54, 1.807) is 0 Å². The summed E-state index contributed by atoms with van der Waals surface area (Å²) in [5.41, 5.74) is 0. The van der Waals surface area contributed by atoms with E-state index in [1.807, 2.05) is 6.34 Å². The van der Waals surface area contributed by atoms with Crippen molar-refractivity contribution in [3.63, 3.8) is 0 Å². The van der Waals surface area contributed by atoms with Crippen LogP contribution in [0.4, 0.5) is 0 Å². The second kappa shape index (κ2) is 4.49. The van der Waals surface area contributed by atoms with E-state index in [0.717, 1.165) is 19.5 Å². The number of hydrogen-bond donors (Lipinski definition) is 0. The second-order valence-electron chi connectivity index (χ2n) is 3.88. The van der Waals surface area contributed by atoms with Crippen LogP contribution in [0.5, 0.6) is 0 Å².